The Bertz CT molecular complexity index is 688. The first-order valence-electron chi connectivity index (χ1n) is 7.52. The van der Waals surface area contributed by atoms with Crippen LogP contribution in [0.4, 0.5) is 5.69 Å². The van der Waals surface area contributed by atoms with Crippen molar-refractivity contribution < 1.29 is 19.0 Å². The highest BCUT2D eigenvalue weighted by Gasteiger charge is 2.19. The van der Waals surface area contributed by atoms with Crippen molar-refractivity contribution in [3.63, 3.8) is 0 Å². The second kappa shape index (κ2) is 8.45. The van der Waals surface area contributed by atoms with Gasteiger partial charge in [-0.2, -0.15) is 0 Å². The molecule has 0 bridgehead atoms. The molecule has 2 aromatic rings. The number of carbonyl (C=O) groups is 1. The molecule has 6 heteroatoms. The molecule has 1 amide bonds. The van der Waals surface area contributed by atoms with Crippen LogP contribution in [0.3, 0.4) is 0 Å². The fourth-order valence-corrected chi connectivity index (χ4v) is 2.37. The van der Waals surface area contributed by atoms with Gasteiger partial charge in [-0.15, -0.1) is 0 Å². The summed E-state index contributed by atoms with van der Waals surface area (Å²) >= 11 is 6.07. The van der Waals surface area contributed by atoms with E-state index in [1.165, 1.54) is 7.11 Å². The van der Waals surface area contributed by atoms with Crippen molar-refractivity contribution in [2.75, 3.05) is 19.5 Å². The predicted molar refractivity (Wildman–Crippen MR) is 94.3 cm³/mol. The number of anilines is 1. The molecular weight excluding hydrogens is 330 g/mol. The third-order valence-corrected chi connectivity index (χ3v) is 3.72. The van der Waals surface area contributed by atoms with Crippen LogP contribution in [0.25, 0.3) is 0 Å². The highest BCUT2D eigenvalue weighted by atomic mass is 35.5. The molecule has 0 aromatic heterocycles. The Morgan fingerprint density at radius 3 is 2.29 bits per heavy atom. The molecule has 1 atom stereocenters. The zero-order valence-electron chi connectivity index (χ0n) is 13.8. The zero-order valence-corrected chi connectivity index (χ0v) is 14.6. The number of benzene rings is 2. The lowest BCUT2D eigenvalue weighted by molar-refractivity contribution is -0.122. The van der Waals surface area contributed by atoms with E-state index in [-0.39, 0.29) is 5.91 Å². The Kier molecular flexibility index (Phi) is 6.32. The van der Waals surface area contributed by atoms with E-state index < -0.39 is 6.10 Å². The van der Waals surface area contributed by atoms with Gasteiger partial charge in [-0.1, -0.05) is 18.5 Å². The summed E-state index contributed by atoms with van der Waals surface area (Å²) in [5.41, 5.74) is 0.586. The van der Waals surface area contributed by atoms with Gasteiger partial charge < -0.3 is 19.5 Å². The number of hydrogen-bond acceptors (Lipinski definition) is 4. The molecule has 0 aliphatic heterocycles. The fraction of sp³-hybridized carbons (Fsp3) is 0.278. The normalized spacial score (nSPS) is 11.5. The largest absolute Gasteiger partial charge is 0.497 e. The first kappa shape index (κ1) is 17.9. The van der Waals surface area contributed by atoms with Crippen LogP contribution >= 0.6 is 11.6 Å². The van der Waals surface area contributed by atoms with Crippen molar-refractivity contribution in [2.24, 2.45) is 0 Å². The van der Waals surface area contributed by atoms with Gasteiger partial charge in [0.25, 0.3) is 5.91 Å². The van der Waals surface area contributed by atoms with Crippen molar-refractivity contribution in [1.82, 2.24) is 0 Å². The minimum atomic E-state index is -0.612. The Labute approximate surface area is 146 Å². The second-order valence-electron chi connectivity index (χ2n) is 5.03. The van der Waals surface area contributed by atoms with E-state index in [0.29, 0.717) is 28.6 Å². The Balaban J connectivity index is 2.03. The maximum absolute atomic E-state index is 12.4. The van der Waals surface area contributed by atoms with Crippen LogP contribution in [0.1, 0.15) is 13.3 Å². The van der Waals surface area contributed by atoms with Crippen molar-refractivity contribution >= 4 is 23.2 Å². The lowest BCUT2D eigenvalue weighted by Crippen LogP contribution is -2.32. The number of methoxy groups -OCH3 is 2. The van der Waals surface area contributed by atoms with E-state index >= 15 is 0 Å². The number of amides is 1. The standard InChI is InChI=1S/C18H20ClNO4/c1-4-16(24-14-8-6-13(22-2)7-9-14)18(21)20-12-5-10-17(23-3)15(19)11-12/h5-11,16H,4H2,1-3H3,(H,20,21). The molecule has 0 radical (unpaired) electrons. The molecule has 128 valence electrons. The average molecular weight is 350 g/mol. The maximum Gasteiger partial charge on any atom is 0.265 e. The van der Waals surface area contributed by atoms with Gasteiger partial charge in [0, 0.05) is 5.69 Å². The van der Waals surface area contributed by atoms with Gasteiger partial charge in [0.2, 0.25) is 0 Å². The summed E-state index contributed by atoms with van der Waals surface area (Å²) in [6, 6.07) is 12.1. The summed E-state index contributed by atoms with van der Waals surface area (Å²) in [4.78, 5) is 12.4. The third kappa shape index (κ3) is 4.55. The minimum absolute atomic E-state index is 0.241. The summed E-state index contributed by atoms with van der Waals surface area (Å²) in [5, 5.41) is 3.23. The summed E-state index contributed by atoms with van der Waals surface area (Å²) in [5.74, 6) is 1.64. The van der Waals surface area contributed by atoms with Gasteiger partial charge in [-0.05, 0) is 48.9 Å². The van der Waals surface area contributed by atoms with E-state index in [9.17, 15) is 4.79 Å². The van der Waals surface area contributed by atoms with Crippen LogP contribution < -0.4 is 19.5 Å². The first-order chi connectivity index (χ1) is 11.6. The third-order valence-electron chi connectivity index (χ3n) is 3.42. The second-order valence-corrected chi connectivity index (χ2v) is 5.44. The number of rotatable bonds is 7. The number of nitrogens with one attached hydrogen (secondary N) is 1. The smallest absolute Gasteiger partial charge is 0.265 e. The molecule has 5 nitrogen and oxygen atoms in total. The molecule has 0 heterocycles. The van der Waals surface area contributed by atoms with E-state index in [4.69, 9.17) is 25.8 Å². The van der Waals surface area contributed by atoms with Crippen LogP contribution in [0.15, 0.2) is 42.5 Å². The molecule has 24 heavy (non-hydrogen) atoms. The van der Waals surface area contributed by atoms with E-state index in [1.54, 1.807) is 49.6 Å². The summed E-state index contributed by atoms with van der Waals surface area (Å²) in [7, 11) is 3.13. The van der Waals surface area contributed by atoms with Crippen LogP contribution in [-0.2, 0) is 4.79 Å². The highest BCUT2D eigenvalue weighted by Crippen LogP contribution is 2.27. The van der Waals surface area contributed by atoms with E-state index in [2.05, 4.69) is 5.32 Å². The molecule has 0 saturated heterocycles. The Morgan fingerprint density at radius 1 is 1.08 bits per heavy atom. The van der Waals surface area contributed by atoms with Crippen LogP contribution in [-0.4, -0.2) is 26.2 Å². The zero-order chi connectivity index (χ0) is 17.5. The molecule has 0 fully saturated rings. The number of halogens is 1. The first-order valence-corrected chi connectivity index (χ1v) is 7.90. The van der Waals surface area contributed by atoms with Gasteiger partial charge in [-0.3, -0.25) is 4.79 Å². The molecule has 2 aromatic carbocycles. The Morgan fingerprint density at radius 2 is 1.75 bits per heavy atom. The monoisotopic (exact) mass is 349 g/mol. The number of carbonyl (C=O) groups excluding carboxylic acids is 1. The van der Waals surface area contributed by atoms with Gasteiger partial charge in [0.1, 0.15) is 17.2 Å². The molecule has 0 aliphatic rings. The number of hydrogen-bond donors (Lipinski definition) is 1. The van der Waals surface area contributed by atoms with Gasteiger partial charge >= 0.3 is 0 Å². The van der Waals surface area contributed by atoms with Crippen molar-refractivity contribution in [3.8, 4) is 17.2 Å². The number of ether oxygens (including phenoxy) is 3. The molecular formula is C18H20ClNO4. The van der Waals surface area contributed by atoms with E-state index in [0.717, 1.165) is 5.75 Å². The molecule has 0 aliphatic carbocycles. The SMILES string of the molecule is CCC(Oc1ccc(OC)cc1)C(=O)Nc1ccc(OC)c(Cl)c1. The van der Waals surface area contributed by atoms with Gasteiger partial charge in [0.15, 0.2) is 6.10 Å². The Hall–Kier alpha value is -2.40. The van der Waals surface area contributed by atoms with Crippen molar-refractivity contribution in [1.29, 1.82) is 0 Å². The molecule has 1 unspecified atom stereocenters. The molecule has 1 N–H and O–H groups in total. The topological polar surface area (TPSA) is 56.8 Å². The average Bonchev–Trinajstić information content (AvgIpc) is 2.60. The van der Waals surface area contributed by atoms with Gasteiger partial charge in [-0.25, -0.2) is 0 Å². The summed E-state index contributed by atoms with van der Waals surface area (Å²) < 4.78 is 15.9. The van der Waals surface area contributed by atoms with Crippen LogP contribution in [0.5, 0.6) is 17.2 Å². The van der Waals surface area contributed by atoms with Crippen LogP contribution in [0.2, 0.25) is 5.02 Å². The quantitative estimate of drug-likeness (QED) is 0.815. The van der Waals surface area contributed by atoms with Gasteiger partial charge in [0.05, 0.1) is 19.2 Å². The van der Waals surface area contributed by atoms with Crippen molar-refractivity contribution in [2.45, 2.75) is 19.4 Å². The molecule has 0 saturated carbocycles. The van der Waals surface area contributed by atoms with E-state index in [1.807, 2.05) is 6.92 Å². The minimum Gasteiger partial charge on any atom is -0.497 e. The maximum atomic E-state index is 12.4. The molecule has 0 spiro atoms. The lowest BCUT2D eigenvalue weighted by Gasteiger charge is -2.18. The molecule has 2 rings (SSSR count). The summed E-state index contributed by atoms with van der Waals surface area (Å²) in [6.07, 6.45) is -0.0823. The summed E-state index contributed by atoms with van der Waals surface area (Å²) in [6.45, 7) is 1.88. The predicted octanol–water partition coefficient (Wildman–Crippen LogP) is 4.15. The lowest BCUT2D eigenvalue weighted by atomic mass is 10.2. The highest BCUT2D eigenvalue weighted by molar-refractivity contribution is 6.32. The fourth-order valence-electron chi connectivity index (χ4n) is 2.11. The van der Waals surface area contributed by atoms with Crippen molar-refractivity contribution in [3.05, 3.63) is 47.5 Å². The van der Waals surface area contributed by atoms with Crippen LogP contribution in [0, 0.1) is 0 Å².